The van der Waals surface area contributed by atoms with Crippen LogP contribution >= 0.6 is 0 Å². The van der Waals surface area contributed by atoms with Gasteiger partial charge in [-0.2, -0.15) is 0 Å². The van der Waals surface area contributed by atoms with E-state index in [4.69, 9.17) is 0 Å². The number of hydrogen-bond donors (Lipinski definition) is 0. The lowest BCUT2D eigenvalue weighted by Crippen LogP contribution is -2.15. The zero-order valence-electron chi connectivity index (χ0n) is 5.89. The second kappa shape index (κ2) is 2.25. The fourth-order valence-corrected chi connectivity index (χ4v) is 0.691. The summed E-state index contributed by atoms with van der Waals surface area (Å²) in [5.74, 6) is -0.345. The number of nitrogens with zero attached hydrogens (tertiary/aromatic N) is 1. The third-order valence-corrected chi connectivity index (χ3v) is 1.37. The zero-order valence-corrected chi connectivity index (χ0v) is 5.89. The summed E-state index contributed by atoms with van der Waals surface area (Å²) in [7, 11) is 1.52. The Morgan fingerprint density at radius 2 is 2.20 bits per heavy atom. The van der Waals surface area contributed by atoms with Crippen LogP contribution in [0.1, 0.15) is 5.56 Å². The molecule has 54 valence electrons. The molecule has 0 saturated heterocycles. The third kappa shape index (κ3) is 1.07. The molecule has 0 saturated carbocycles. The van der Waals surface area contributed by atoms with Crippen molar-refractivity contribution in [3.63, 3.8) is 0 Å². The van der Waals surface area contributed by atoms with E-state index >= 15 is 0 Å². The lowest BCUT2D eigenvalue weighted by molar-refractivity contribution is 0.595. The molecule has 0 aliphatic carbocycles. The Morgan fingerprint density at radius 1 is 1.60 bits per heavy atom. The van der Waals surface area contributed by atoms with Gasteiger partial charge in [-0.25, -0.2) is 4.39 Å². The summed E-state index contributed by atoms with van der Waals surface area (Å²) in [6.45, 7) is 1.57. The van der Waals surface area contributed by atoms with Crippen LogP contribution < -0.4 is 5.56 Å². The quantitative estimate of drug-likeness (QED) is 0.524. The molecule has 10 heavy (non-hydrogen) atoms. The molecule has 0 radical (unpaired) electrons. The highest BCUT2D eigenvalue weighted by Gasteiger charge is 1.97. The van der Waals surface area contributed by atoms with Gasteiger partial charge in [-0.05, 0) is 12.5 Å². The highest BCUT2D eigenvalue weighted by molar-refractivity contribution is 5.10. The molecule has 0 unspecified atom stereocenters. The third-order valence-electron chi connectivity index (χ3n) is 1.37. The van der Waals surface area contributed by atoms with Crippen LogP contribution in [0.25, 0.3) is 0 Å². The molecule has 0 fully saturated rings. The van der Waals surface area contributed by atoms with Crippen molar-refractivity contribution >= 4 is 0 Å². The minimum atomic E-state index is -0.345. The van der Waals surface area contributed by atoms with Crippen molar-refractivity contribution in [1.82, 2.24) is 4.57 Å². The van der Waals surface area contributed by atoms with Crippen molar-refractivity contribution in [2.45, 2.75) is 6.92 Å². The average molecular weight is 141 g/mol. The number of aryl methyl sites for hydroxylation is 2. The topological polar surface area (TPSA) is 22.0 Å². The number of halogens is 1. The van der Waals surface area contributed by atoms with E-state index in [9.17, 15) is 9.18 Å². The van der Waals surface area contributed by atoms with Gasteiger partial charge in [0, 0.05) is 19.3 Å². The van der Waals surface area contributed by atoms with Crippen LogP contribution in [0.5, 0.6) is 0 Å². The maximum absolute atomic E-state index is 12.6. The molecular weight excluding hydrogens is 133 g/mol. The summed E-state index contributed by atoms with van der Waals surface area (Å²) in [6.07, 6.45) is 1.18. The summed E-state index contributed by atoms with van der Waals surface area (Å²) in [5.41, 5.74) is 0.210. The van der Waals surface area contributed by atoms with E-state index in [2.05, 4.69) is 0 Å². The van der Waals surface area contributed by atoms with Gasteiger partial charge in [0.25, 0.3) is 5.56 Å². The van der Waals surface area contributed by atoms with Gasteiger partial charge < -0.3 is 4.57 Å². The molecule has 1 heterocycles. The summed E-state index contributed by atoms with van der Waals surface area (Å²) < 4.78 is 13.8. The molecule has 0 aliphatic heterocycles. The summed E-state index contributed by atoms with van der Waals surface area (Å²) in [4.78, 5) is 10.8. The van der Waals surface area contributed by atoms with Gasteiger partial charge in [-0.1, -0.05) is 0 Å². The van der Waals surface area contributed by atoms with E-state index < -0.39 is 0 Å². The van der Waals surface area contributed by atoms with E-state index in [1.54, 1.807) is 6.92 Å². The first-order chi connectivity index (χ1) is 4.61. The highest BCUT2D eigenvalue weighted by atomic mass is 19.1. The summed E-state index contributed by atoms with van der Waals surface area (Å²) in [5, 5.41) is 0. The van der Waals surface area contributed by atoms with Crippen LogP contribution in [-0.4, -0.2) is 4.57 Å². The van der Waals surface area contributed by atoms with E-state index in [0.717, 1.165) is 0 Å². The predicted molar refractivity (Wildman–Crippen MR) is 36.4 cm³/mol. The Kier molecular flexibility index (Phi) is 1.57. The Labute approximate surface area is 57.9 Å². The minimum Gasteiger partial charge on any atom is -0.316 e. The van der Waals surface area contributed by atoms with Crippen molar-refractivity contribution in [2.75, 3.05) is 0 Å². The van der Waals surface area contributed by atoms with Gasteiger partial charge in [0.05, 0.1) is 0 Å². The fourth-order valence-electron chi connectivity index (χ4n) is 0.691. The van der Waals surface area contributed by atoms with E-state index in [1.165, 1.54) is 23.9 Å². The van der Waals surface area contributed by atoms with Gasteiger partial charge in [0.1, 0.15) is 5.82 Å². The normalized spacial score (nSPS) is 9.90. The molecule has 1 aromatic heterocycles. The maximum Gasteiger partial charge on any atom is 0.250 e. The molecule has 0 aromatic carbocycles. The monoisotopic (exact) mass is 141 g/mol. The number of pyridine rings is 1. The maximum atomic E-state index is 12.6. The molecule has 3 heteroatoms. The molecule has 1 rings (SSSR count). The van der Waals surface area contributed by atoms with Crippen LogP contribution in [0.15, 0.2) is 17.1 Å². The average Bonchev–Trinajstić information content (AvgIpc) is 1.84. The standard InChI is InChI=1S/C7H8FNO/c1-5-3-7(10)9(2)4-6(5)8/h3-4H,1-2H3. The second-order valence-electron chi connectivity index (χ2n) is 2.25. The molecule has 2 nitrogen and oxygen atoms in total. The fraction of sp³-hybridized carbons (Fsp3) is 0.286. The number of rotatable bonds is 0. The van der Waals surface area contributed by atoms with Crippen molar-refractivity contribution in [1.29, 1.82) is 0 Å². The Hall–Kier alpha value is -1.12. The minimum absolute atomic E-state index is 0.182. The first-order valence-electron chi connectivity index (χ1n) is 2.94. The van der Waals surface area contributed by atoms with Crippen LogP contribution in [0, 0.1) is 12.7 Å². The molecule has 0 spiro atoms. The van der Waals surface area contributed by atoms with Gasteiger partial charge >= 0.3 is 0 Å². The molecule has 1 aromatic rings. The molecule has 0 amide bonds. The van der Waals surface area contributed by atoms with Crippen molar-refractivity contribution in [3.05, 3.63) is 34.0 Å². The number of aromatic nitrogens is 1. The molecule has 0 aliphatic rings. The van der Waals surface area contributed by atoms with Crippen molar-refractivity contribution in [2.24, 2.45) is 7.05 Å². The smallest absolute Gasteiger partial charge is 0.250 e. The molecular formula is C7H8FNO. The summed E-state index contributed by atoms with van der Waals surface area (Å²) in [6, 6.07) is 1.27. The second-order valence-corrected chi connectivity index (χ2v) is 2.25. The predicted octanol–water partition coefficient (Wildman–Crippen LogP) is 0.833. The first-order valence-corrected chi connectivity index (χ1v) is 2.94. The van der Waals surface area contributed by atoms with Crippen LogP contribution in [0.4, 0.5) is 4.39 Å². The van der Waals surface area contributed by atoms with Crippen LogP contribution in [0.3, 0.4) is 0 Å². The molecule has 0 atom stereocenters. The Morgan fingerprint density at radius 3 is 2.70 bits per heavy atom. The van der Waals surface area contributed by atoms with E-state index in [1.807, 2.05) is 0 Å². The van der Waals surface area contributed by atoms with E-state index in [-0.39, 0.29) is 11.4 Å². The van der Waals surface area contributed by atoms with Crippen molar-refractivity contribution < 1.29 is 4.39 Å². The van der Waals surface area contributed by atoms with Crippen molar-refractivity contribution in [3.8, 4) is 0 Å². The largest absolute Gasteiger partial charge is 0.316 e. The van der Waals surface area contributed by atoms with Gasteiger partial charge in [-0.15, -0.1) is 0 Å². The first kappa shape index (κ1) is 6.99. The number of hydrogen-bond acceptors (Lipinski definition) is 1. The molecule has 0 bridgehead atoms. The lowest BCUT2D eigenvalue weighted by Gasteiger charge is -1.97. The van der Waals surface area contributed by atoms with Gasteiger partial charge in [-0.3, -0.25) is 4.79 Å². The Balaban J connectivity index is 3.43. The lowest BCUT2D eigenvalue weighted by atomic mass is 10.3. The van der Waals surface area contributed by atoms with Gasteiger partial charge in [0.15, 0.2) is 0 Å². The highest BCUT2D eigenvalue weighted by Crippen LogP contribution is 1.98. The van der Waals surface area contributed by atoms with Crippen LogP contribution in [-0.2, 0) is 7.05 Å². The SMILES string of the molecule is Cc1cc(=O)n(C)cc1F. The van der Waals surface area contributed by atoms with Gasteiger partial charge in [0.2, 0.25) is 0 Å². The molecule has 0 N–H and O–H groups in total. The zero-order chi connectivity index (χ0) is 7.72. The Bertz CT molecular complexity index is 303. The van der Waals surface area contributed by atoms with Crippen LogP contribution in [0.2, 0.25) is 0 Å². The van der Waals surface area contributed by atoms with E-state index in [0.29, 0.717) is 5.56 Å². The summed E-state index contributed by atoms with van der Waals surface area (Å²) >= 11 is 0.